The number of anilines is 1. The first kappa shape index (κ1) is 19.4. The molecule has 0 saturated carbocycles. The highest BCUT2D eigenvalue weighted by atomic mass is 15.3. The van der Waals surface area contributed by atoms with Gasteiger partial charge in [-0.15, -0.1) is 0 Å². The van der Waals surface area contributed by atoms with E-state index < -0.39 is 0 Å². The fourth-order valence-corrected chi connectivity index (χ4v) is 3.40. The number of fused-ring (bicyclic) bond motifs is 1. The van der Waals surface area contributed by atoms with Gasteiger partial charge < -0.3 is 10.2 Å². The van der Waals surface area contributed by atoms with Gasteiger partial charge in [0.05, 0.1) is 5.69 Å². The van der Waals surface area contributed by atoms with Gasteiger partial charge in [0.1, 0.15) is 5.82 Å². The van der Waals surface area contributed by atoms with E-state index in [1.54, 1.807) is 0 Å². The third-order valence-corrected chi connectivity index (χ3v) is 5.23. The highest BCUT2D eigenvalue weighted by Crippen LogP contribution is 2.25. The Labute approximate surface area is 162 Å². The van der Waals surface area contributed by atoms with Crippen LogP contribution in [0.1, 0.15) is 37.1 Å². The first-order valence-corrected chi connectivity index (χ1v) is 9.93. The predicted molar refractivity (Wildman–Crippen MR) is 114 cm³/mol. The van der Waals surface area contributed by atoms with Gasteiger partial charge in [0.15, 0.2) is 5.65 Å². The number of nitrogens with zero attached hydrogens (tertiary/aromatic N) is 4. The molecule has 144 valence electrons. The van der Waals surface area contributed by atoms with Gasteiger partial charge in [-0.05, 0) is 52.9 Å². The second-order valence-corrected chi connectivity index (χ2v) is 7.15. The Morgan fingerprint density at radius 1 is 1.07 bits per heavy atom. The monoisotopic (exact) mass is 365 g/mol. The molecule has 3 aromatic rings. The van der Waals surface area contributed by atoms with Crippen LogP contribution in [0.4, 0.5) is 5.82 Å². The average Bonchev–Trinajstić information content (AvgIpc) is 3.08. The van der Waals surface area contributed by atoms with Crippen LogP contribution in [0.2, 0.25) is 0 Å². The molecule has 2 heterocycles. The number of hydrogen-bond acceptors (Lipinski definition) is 4. The highest BCUT2D eigenvalue weighted by Gasteiger charge is 2.13. The molecule has 0 saturated heterocycles. The molecule has 1 N–H and O–H groups in total. The van der Waals surface area contributed by atoms with Crippen molar-refractivity contribution < 1.29 is 0 Å². The molecule has 0 atom stereocenters. The molecule has 27 heavy (non-hydrogen) atoms. The Bertz CT molecular complexity index is 908. The van der Waals surface area contributed by atoms with Crippen molar-refractivity contribution in [3.63, 3.8) is 0 Å². The zero-order valence-corrected chi connectivity index (χ0v) is 17.2. The lowest BCUT2D eigenvalue weighted by Gasteiger charge is -2.18. The van der Waals surface area contributed by atoms with Crippen LogP contribution < -0.4 is 5.32 Å². The van der Waals surface area contributed by atoms with E-state index in [1.165, 1.54) is 5.56 Å². The largest absolute Gasteiger partial charge is 0.370 e. The third-order valence-electron chi connectivity index (χ3n) is 5.23. The maximum absolute atomic E-state index is 4.85. The quantitative estimate of drug-likeness (QED) is 0.599. The summed E-state index contributed by atoms with van der Waals surface area (Å²) in [4.78, 5) is 7.19. The van der Waals surface area contributed by atoms with E-state index in [2.05, 4.69) is 75.2 Å². The van der Waals surface area contributed by atoms with Crippen molar-refractivity contribution in [1.29, 1.82) is 0 Å². The van der Waals surface area contributed by atoms with Crippen molar-refractivity contribution in [2.24, 2.45) is 0 Å². The van der Waals surface area contributed by atoms with E-state index in [-0.39, 0.29) is 0 Å². The highest BCUT2D eigenvalue weighted by molar-refractivity contribution is 5.67. The summed E-state index contributed by atoms with van der Waals surface area (Å²) in [5.41, 5.74) is 6.42. The van der Waals surface area contributed by atoms with Crippen molar-refractivity contribution >= 4 is 11.5 Å². The summed E-state index contributed by atoms with van der Waals surface area (Å²) in [5.74, 6) is 1.05. The van der Waals surface area contributed by atoms with E-state index in [9.17, 15) is 0 Å². The second kappa shape index (κ2) is 8.53. The van der Waals surface area contributed by atoms with E-state index in [0.717, 1.165) is 66.6 Å². The smallest absolute Gasteiger partial charge is 0.158 e. The Morgan fingerprint density at radius 3 is 2.56 bits per heavy atom. The molecule has 0 aliphatic heterocycles. The fraction of sp³-hybridized carbons (Fsp3) is 0.455. The Hall–Kier alpha value is -2.40. The molecule has 0 unspecified atom stereocenters. The van der Waals surface area contributed by atoms with Crippen LogP contribution in [-0.2, 0) is 0 Å². The van der Waals surface area contributed by atoms with Crippen molar-refractivity contribution in [3.8, 4) is 11.3 Å². The first-order chi connectivity index (χ1) is 13.0. The molecule has 0 fully saturated rings. The fourth-order valence-electron chi connectivity index (χ4n) is 3.40. The predicted octanol–water partition coefficient (Wildman–Crippen LogP) is 4.47. The number of nitrogens with one attached hydrogen (secondary N) is 1. The lowest BCUT2D eigenvalue weighted by molar-refractivity contribution is 0.303. The minimum Gasteiger partial charge on any atom is -0.370 e. The summed E-state index contributed by atoms with van der Waals surface area (Å²) in [5, 5.41) is 8.46. The summed E-state index contributed by atoms with van der Waals surface area (Å²) in [7, 11) is 0. The number of hydrogen-bond donors (Lipinski definition) is 1. The van der Waals surface area contributed by atoms with Gasteiger partial charge in [-0.3, -0.25) is 0 Å². The zero-order valence-electron chi connectivity index (χ0n) is 17.2. The molecular formula is C22H31N5. The van der Waals surface area contributed by atoms with Crippen molar-refractivity contribution in [2.45, 2.75) is 41.0 Å². The van der Waals surface area contributed by atoms with E-state index in [4.69, 9.17) is 10.1 Å². The number of aryl methyl sites for hydroxylation is 2. The van der Waals surface area contributed by atoms with Crippen LogP contribution in [0, 0.1) is 20.8 Å². The molecule has 1 aromatic carbocycles. The molecule has 0 radical (unpaired) electrons. The van der Waals surface area contributed by atoms with Crippen molar-refractivity contribution in [1.82, 2.24) is 19.5 Å². The van der Waals surface area contributed by atoms with Crippen molar-refractivity contribution in [2.75, 3.05) is 31.5 Å². The van der Waals surface area contributed by atoms with Gasteiger partial charge in [-0.1, -0.05) is 37.6 Å². The molecule has 2 aromatic heterocycles. The SMILES string of the molecule is CCN(CC)CCCNc1c(C)c(C)nc2cc(-c3cccc(C)c3)nn12. The molecule has 0 bridgehead atoms. The Kier molecular flexibility index (Phi) is 6.11. The van der Waals surface area contributed by atoms with E-state index in [1.807, 2.05) is 4.52 Å². The van der Waals surface area contributed by atoms with Crippen molar-refractivity contribution in [3.05, 3.63) is 47.2 Å². The number of benzene rings is 1. The van der Waals surface area contributed by atoms with E-state index >= 15 is 0 Å². The number of aromatic nitrogens is 3. The topological polar surface area (TPSA) is 45.5 Å². The van der Waals surface area contributed by atoms with Crippen LogP contribution in [0.3, 0.4) is 0 Å². The standard InChI is InChI=1S/C22H31N5/c1-6-26(7-2)13-9-12-23-22-17(4)18(5)24-21-15-20(25-27(21)22)19-11-8-10-16(3)14-19/h8,10-11,14-15,23H,6-7,9,12-13H2,1-5H3. The lowest BCUT2D eigenvalue weighted by Crippen LogP contribution is -2.25. The summed E-state index contributed by atoms with van der Waals surface area (Å²) in [6.07, 6.45) is 1.11. The molecular weight excluding hydrogens is 334 g/mol. The Morgan fingerprint density at radius 2 is 1.85 bits per heavy atom. The van der Waals surface area contributed by atoms with Gasteiger partial charge in [0.25, 0.3) is 0 Å². The third kappa shape index (κ3) is 4.30. The van der Waals surface area contributed by atoms with Crippen LogP contribution in [0.25, 0.3) is 16.9 Å². The van der Waals surface area contributed by atoms with Crippen LogP contribution in [-0.4, -0.2) is 45.7 Å². The molecule has 0 spiro atoms. The summed E-state index contributed by atoms with van der Waals surface area (Å²) in [6, 6.07) is 10.5. The second-order valence-electron chi connectivity index (χ2n) is 7.15. The molecule has 0 amide bonds. The Balaban J connectivity index is 1.86. The molecule has 5 heteroatoms. The molecule has 3 rings (SSSR count). The number of rotatable bonds is 8. The molecule has 5 nitrogen and oxygen atoms in total. The summed E-state index contributed by atoms with van der Waals surface area (Å²) in [6.45, 7) is 15.0. The van der Waals surface area contributed by atoms with Gasteiger partial charge in [0, 0.05) is 29.4 Å². The average molecular weight is 366 g/mol. The van der Waals surface area contributed by atoms with Crippen LogP contribution in [0.15, 0.2) is 30.3 Å². The van der Waals surface area contributed by atoms with Gasteiger partial charge in [-0.25, -0.2) is 4.98 Å². The van der Waals surface area contributed by atoms with Crippen LogP contribution in [0.5, 0.6) is 0 Å². The first-order valence-electron chi connectivity index (χ1n) is 9.93. The maximum atomic E-state index is 4.85. The van der Waals surface area contributed by atoms with Crippen LogP contribution >= 0.6 is 0 Å². The lowest BCUT2D eigenvalue weighted by atomic mass is 10.1. The normalized spacial score (nSPS) is 11.5. The maximum Gasteiger partial charge on any atom is 0.158 e. The van der Waals surface area contributed by atoms with Gasteiger partial charge >= 0.3 is 0 Å². The minimum absolute atomic E-state index is 0.890. The summed E-state index contributed by atoms with van der Waals surface area (Å²) >= 11 is 0. The van der Waals surface area contributed by atoms with Gasteiger partial charge in [0.2, 0.25) is 0 Å². The summed E-state index contributed by atoms with van der Waals surface area (Å²) < 4.78 is 1.96. The minimum atomic E-state index is 0.890. The molecule has 0 aliphatic carbocycles. The van der Waals surface area contributed by atoms with Gasteiger partial charge in [-0.2, -0.15) is 9.61 Å². The molecule has 0 aliphatic rings. The van der Waals surface area contributed by atoms with E-state index in [0.29, 0.717) is 0 Å². The zero-order chi connectivity index (χ0) is 19.4.